The fraction of sp³-hybridized carbons (Fsp3) is 0.500. The molecule has 2 N–H and O–H groups in total. The van der Waals surface area contributed by atoms with Crippen LogP contribution in [0.15, 0.2) is 24.3 Å². The zero-order chi connectivity index (χ0) is 15.0. The molecule has 0 aromatic heterocycles. The first-order valence-corrected chi connectivity index (χ1v) is 7.46. The van der Waals surface area contributed by atoms with Crippen LogP contribution in [0.2, 0.25) is 0 Å². The van der Waals surface area contributed by atoms with Crippen LogP contribution >= 0.6 is 0 Å². The van der Waals surface area contributed by atoms with Gasteiger partial charge in [0, 0.05) is 18.3 Å². The van der Waals surface area contributed by atoms with Crippen molar-refractivity contribution in [3.05, 3.63) is 29.8 Å². The zero-order valence-corrected chi connectivity index (χ0v) is 12.5. The Kier molecular flexibility index (Phi) is 3.45. The Balaban J connectivity index is 1.92. The van der Waals surface area contributed by atoms with Gasteiger partial charge in [-0.25, -0.2) is 0 Å². The first-order chi connectivity index (χ1) is 10.0. The Bertz CT molecular complexity index is 577. The molecule has 112 valence electrons. The minimum Gasteiger partial charge on any atom is -0.352 e. The zero-order valence-electron chi connectivity index (χ0n) is 12.5. The first-order valence-electron chi connectivity index (χ1n) is 7.46. The number of nitrogens with zero attached hydrogens (tertiary/aromatic N) is 1. The number of nitrogens with one attached hydrogen (secondary N) is 2. The van der Waals surface area contributed by atoms with Crippen molar-refractivity contribution in [3.8, 4) is 0 Å². The predicted molar refractivity (Wildman–Crippen MR) is 81.2 cm³/mol. The average Bonchev–Trinajstić information content (AvgIpc) is 3.00. The number of benzene rings is 1. The molecule has 2 aliphatic rings. The standard InChI is InChI=1S/C16H21N3O2/c1-11(2)18-14(20)9-19-13-6-4-3-5-12(13)16(15(19)21)7-8-17-10-16/h3-6,11,17H,7-10H2,1-2H3,(H,18,20). The van der Waals surface area contributed by atoms with Crippen molar-refractivity contribution < 1.29 is 9.59 Å². The highest BCUT2D eigenvalue weighted by molar-refractivity contribution is 6.11. The SMILES string of the molecule is CC(C)NC(=O)CN1C(=O)C2(CCNC2)c2ccccc21. The van der Waals surface area contributed by atoms with Crippen LogP contribution in [0.1, 0.15) is 25.8 Å². The molecule has 1 atom stereocenters. The van der Waals surface area contributed by atoms with E-state index in [2.05, 4.69) is 10.6 Å². The predicted octanol–water partition coefficient (Wildman–Crippen LogP) is 0.789. The van der Waals surface area contributed by atoms with E-state index in [-0.39, 0.29) is 24.4 Å². The van der Waals surface area contributed by atoms with Crippen LogP contribution in [0.3, 0.4) is 0 Å². The van der Waals surface area contributed by atoms with Gasteiger partial charge in [0.2, 0.25) is 11.8 Å². The largest absolute Gasteiger partial charge is 0.352 e. The number of amides is 2. The van der Waals surface area contributed by atoms with Crippen LogP contribution in [0.5, 0.6) is 0 Å². The van der Waals surface area contributed by atoms with Gasteiger partial charge in [0.25, 0.3) is 0 Å². The molecule has 5 nitrogen and oxygen atoms in total. The Morgan fingerprint density at radius 3 is 2.86 bits per heavy atom. The number of para-hydroxylation sites is 1. The van der Waals surface area contributed by atoms with Crippen molar-refractivity contribution in [3.63, 3.8) is 0 Å². The summed E-state index contributed by atoms with van der Waals surface area (Å²) < 4.78 is 0. The molecular weight excluding hydrogens is 266 g/mol. The molecule has 1 aromatic rings. The highest BCUT2D eigenvalue weighted by Gasteiger charge is 2.52. The van der Waals surface area contributed by atoms with Crippen molar-refractivity contribution in [1.82, 2.24) is 10.6 Å². The minimum atomic E-state index is -0.477. The van der Waals surface area contributed by atoms with Gasteiger partial charge < -0.3 is 15.5 Å². The monoisotopic (exact) mass is 287 g/mol. The van der Waals surface area contributed by atoms with Crippen LogP contribution in [0.25, 0.3) is 0 Å². The lowest BCUT2D eigenvalue weighted by Crippen LogP contribution is -2.46. The molecule has 0 aliphatic carbocycles. The summed E-state index contributed by atoms with van der Waals surface area (Å²) in [4.78, 5) is 26.6. The number of carbonyl (C=O) groups excluding carboxylic acids is 2. The van der Waals surface area contributed by atoms with Crippen LogP contribution in [0.4, 0.5) is 5.69 Å². The van der Waals surface area contributed by atoms with E-state index in [1.165, 1.54) is 0 Å². The maximum atomic E-state index is 12.9. The molecule has 1 saturated heterocycles. The van der Waals surface area contributed by atoms with Gasteiger partial charge in [-0.15, -0.1) is 0 Å². The fourth-order valence-corrected chi connectivity index (χ4v) is 3.37. The summed E-state index contributed by atoms with van der Waals surface area (Å²) in [5.41, 5.74) is 1.46. The molecule has 1 fully saturated rings. The molecule has 0 bridgehead atoms. The Hall–Kier alpha value is -1.88. The molecule has 2 aliphatic heterocycles. The molecule has 1 aromatic carbocycles. The molecule has 21 heavy (non-hydrogen) atoms. The quantitative estimate of drug-likeness (QED) is 0.864. The highest BCUT2D eigenvalue weighted by atomic mass is 16.2. The van der Waals surface area contributed by atoms with E-state index >= 15 is 0 Å². The summed E-state index contributed by atoms with van der Waals surface area (Å²) in [6.45, 7) is 5.42. The van der Waals surface area contributed by atoms with Crippen molar-refractivity contribution in [2.24, 2.45) is 0 Å². The Morgan fingerprint density at radius 1 is 1.43 bits per heavy atom. The topological polar surface area (TPSA) is 61.4 Å². The third-order valence-electron chi connectivity index (χ3n) is 4.27. The minimum absolute atomic E-state index is 0.0487. The molecule has 0 radical (unpaired) electrons. The second-order valence-corrected chi connectivity index (χ2v) is 6.14. The van der Waals surface area contributed by atoms with Gasteiger partial charge in [0.1, 0.15) is 6.54 Å². The lowest BCUT2D eigenvalue weighted by Gasteiger charge is -2.22. The van der Waals surface area contributed by atoms with Gasteiger partial charge >= 0.3 is 0 Å². The second kappa shape index (κ2) is 5.15. The van der Waals surface area contributed by atoms with E-state index in [1.54, 1.807) is 4.90 Å². The van der Waals surface area contributed by atoms with Crippen molar-refractivity contribution >= 4 is 17.5 Å². The molecule has 1 unspecified atom stereocenters. The first kappa shape index (κ1) is 14.1. The van der Waals surface area contributed by atoms with Gasteiger partial charge in [-0.2, -0.15) is 0 Å². The highest BCUT2D eigenvalue weighted by Crippen LogP contribution is 2.45. The summed E-state index contributed by atoms with van der Waals surface area (Å²) in [7, 11) is 0. The maximum absolute atomic E-state index is 12.9. The number of hydrogen-bond donors (Lipinski definition) is 2. The third-order valence-corrected chi connectivity index (χ3v) is 4.27. The smallest absolute Gasteiger partial charge is 0.240 e. The third kappa shape index (κ3) is 2.21. The number of hydrogen-bond acceptors (Lipinski definition) is 3. The average molecular weight is 287 g/mol. The Labute approximate surface area is 124 Å². The Morgan fingerprint density at radius 2 is 2.19 bits per heavy atom. The number of rotatable bonds is 3. The normalized spacial score (nSPS) is 24.0. The molecule has 0 saturated carbocycles. The van der Waals surface area contributed by atoms with Crippen molar-refractivity contribution in [2.75, 3.05) is 24.5 Å². The molecular formula is C16H21N3O2. The lowest BCUT2D eigenvalue weighted by molar-refractivity contribution is -0.126. The van der Waals surface area contributed by atoms with Gasteiger partial charge in [-0.3, -0.25) is 9.59 Å². The van der Waals surface area contributed by atoms with Gasteiger partial charge in [-0.1, -0.05) is 18.2 Å². The van der Waals surface area contributed by atoms with Crippen molar-refractivity contribution in [1.29, 1.82) is 0 Å². The molecule has 2 amide bonds. The number of anilines is 1. The molecule has 1 spiro atoms. The van der Waals surface area contributed by atoms with Gasteiger partial charge in [0.15, 0.2) is 0 Å². The summed E-state index contributed by atoms with van der Waals surface area (Å²) >= 11 is 0. The van der Waals surface area contributed by atoms with E-state index in [9.17, 15) is 9.59 Å². The summed E-state index contributed by atoms with van der Waals surface area (Å²) in [5.74, 6) is -0.0660. The van der Waals surface area contributed by atoms with Gasteiger partial charge in [-0.05, 0) is 38.4 Å². The van der Waals surface area contributed by atoms with Crippen molar-refractivity contribution in [2.45, 2.75) is 31.7 Å². The van der Waals surface area contributed by atoms with Crippen LogP contribution in [0, 0.1) is 0 Å². The molecule has 3 rings (SSSR count). The van der Waals surface area contributed by atoms with Crippen LogP contribution < -0.4 is 15.5 Å². The summed E-state index contributed by atoms with van der Waals surface area (Å²) in [6, 6.07) is 7.90. The van der Waals surface area contributed by atoms with E-state index in [4.69, 9.17) is 0 Å². The summed E-state index contributed by atoms with van der Waals surface area (Å²) in [6.07, 6.45) is 0.797. The van der Waals surface area contributed by atoms with Gasteiger partial charge in [0.05, 0.1) is 5.41 Å². The maximum Gasteiger partial charge on any atom is 0.240 e. The van der Waals surface area contributed by atoms with E-state index < -0.39 is 5.41 Å². The van der Waals surface area contributed by atoms with Crippen LogP contribution in [-0.4, -0.2) is 37.5 Å². The summed E-state index contributed by atoms with van der Waals surface area (Å²) in [5, 5.41) is 6.14. The number of carbonyl (C=O) groups is 2. The van der Waals surface area contributed by atoms with Crippen LogP contribution in [-0.2, 0) is 15.0 Å². The molecule has 2 heterocycles. The van der Waals surface area contributed by atoms with E-state index in [0.29, 0.717) is 6.54 Å². The van der Waals surface area contributed by atoms with E-state index in [0.717, 1.165) is 24.2 Å². The lowest BCUT2D eigenvalue weighted by atomic mass is 9.81. The molecule has 5 heteroatoms. The second-order valence-electron chi connectivity index (χ2n) is 6.14. The van der Waals surface area contributed by atoms with E-state index in [1.807, 2.05) is 38.1 Å². The fourth-order valence-electron chi connectivity index (χ4n) is 3.37. The number of fused-ring (bicyclic) bond motifs is 2.